The zero-order valence-electron chi connectivity index (χ0n) is 31.7. The molecular weight excluding hydrogens is 711 g/mol. The summed E-state index contributed by atoms with van der Waals surface area (Å²) in [6, 6.07) is 4.73. The Bertz CT molecular complexity index is 1900. The number of likely N-dealkylation sites (tertiary alicyclic amines) is 1. The number of amides is 1. The van der Waals surface area contributed by atoms with Crippen LogP contribution in [-0.2, 0) is 17.7 Å². The number of rotatable bonds is 12. The van der Waals surface area contributed by atoms with Gasteiger partial charge in [-0.15, -0.1) is 0 Å². The van der Waals surface area contributed by atoms with E-state index in [1.807, 2.05) is 12.3 Å². The SMILES string of the molecule is CC(C)N(C(=O)c1cc(F)ccc1Oc1cncnc1N1CC2(CC(Oc3ccnc4c3CN(CCCN3CC5(CCCO5)C3)CC4)C2)C1)C1CC(F)(F)C1. The molecule has 0 atom stereocenters. The van der Waals surface area contributed by atoms with Gasteiger partial charge in [0.05, 0.1) is 17.4 Å². The number of fused-ring (bicyclic) bond motifs is 1. The Morgan fingerprint density at radius 3 is 2.56 bits per heavy atom. The van der Waals surface area contributed by atoms with Gasteiger partial charge in [0.25, 0.3) is 11.8 Å². The fourth-order valence-corrected chi connectivity index (χ4v) is 9.84. The van der Waals surface area contributed by atoms with Crippen molar-refractivity contribution in [2.75, 3.05) is 57.3 Å². The van der Waals surface area contributed by atoms with E-state index in [1.165, 1.54) is 48.0 Å². The molecule has 0 N–H and O–H groups in total. The number of alkyl halides is 2. The quantitative estimate of drug-likeness (QED) is 0.215. The highest BCUT2D eigenvalue weighted by Gasteiger charge is 2.55. The van der Waals surface area contributed by atoms with Crippen molar-refractivity contribution in [1.29, 1.82) is 0 Å². The largest absolute Gasteiger partial charge is 0.490 e. The molecule has 9 rings (SSSR count). The highest BCUT2D eigenvalue weighted by Crippen LogP contribution is 2.52. The van der Waals surface area contributed by atoms with E-state index in [9.17, 15) is 18.0 Å². The molecule has 2 aromatic heterocycles. The minimum Gasteiger partial charge on any atom is -0.490 e. The van der Waals surface area contributed by atoms with Crippen molar-refractivity contribution in [2.45, 2.75) is 101 Å². The van der Waals surface area contributed by atoms with Gasteiger partial charge in [0.1, 0.15) is 29.7 Å². The Hall–Kier alpha value is -4.01. The second-order valence-electron chi connectivity index (χ2n) is 17.1. The molecule has 294 valence electrons. The van der Waals surface area contributed by atoms with Crippen molar-refractivity contribution in [1.82, 2.24) is 29.7 Å². The molecular formula is C41H50F3N7O4. The highest BCUT2D eigenvalue weighted by molar-refractivity contribution is 5.97. The van der Waals surface area contributed by atoms with E-state index in [4.69, 9.17) is 19.2 Å². The van der Waals surface area contributed by atoms with Crippen molar-refractivity contribution in [2.24, 2.45) is 5.41 Å². The minimum absolute atomic E-state index is 0.0292. The van der Waals surface area contributed by atoms with Gasteiger partial charge in [-0.2, -0.15) is 0 Å². The number of aromatic nitrogens is 3. The summed E-state index contributed by atoms with van der Waals surface area (Å²) in [5.74, 6) is -1.99. The molecule has 4 aliphatic heterocycles. The summed E-state index contributed by atoms with van der Waals surface area (Å²) in [6.45, 7) is 12.2. The van der Waals surface area contributed by atoms with Gasteiger partial charge in [0, 0.05) is 100 Å². The molecule has 55 heavy (non-hydrogen) atoms. The number of pyridine rings is 1. The molecule has 2 saturated carbocycles. The van der Waals surface area contributed by atoms with Crippen LogP contribution in [0.4, 0.5) is 19.0 Å². The van der Waals surface area contributed by atoms with Crippen molar-refractivity contribution in [3.05, 3.63) is 65.6 Å². The summed E-state index contributed by atoms with van der Waals surface area (Å²) >= 11 is 0. The van der Waals surface area contributed by atoms with E-state index in [0.29, 0.717) is 11.6 Å². The average molecular weight is 762 g/mol. The second kappa shape index (κ2) is 14.2. The van der Waals surface area contributed by atoms with E-state index >= 15 is 0 Å². The predicted octanol–water partition coefficient (Wildman–Crippen LogP) is 6.11. The van der Waals surface area contributed by atoms with E-state index in [1.54, 1.807) is 13.8 Å². The first kappa shape index (κ1) is 36.6. The topological polar surface area (TPSA) is 96.4 Å². The standard InChI is InChI=1S/C41H50F3N7O4/c1-27(2)51(29-16-41(43,44)17-29)38(52)31-15-28(42)5-6-34(31)55-36-20-45-26-47-37(36)50-22-39(23-50)18-30(19-39)54-35-7-10-46-33-8-13-48(21-32(33)35)11-4-12-49-24-40(25-49)9-3-14-53-40/h5-7,10,15,20,26-27,29-30H,3-4,8-9,11-14,16-19,21-25H2,1-2H3. The van der Waals surface area contributed by atoms with Crippen molar-refractivity contribution in [3.63, 3.8) is 0 Å². The number of anilines is 1. The van der Waals surface area contributed by atoms with Gasteiger partial charge in [0.15, 0.2) is 11.6 Å². The molecule has 0 bridgehead atoms. The zero-order valence-corrected chi connectivity index (χ0v) is 31.7. The summed E-state index contributed by atoms with van der Waals surface area (Å²) in [6.07, 6.45) is 10.5. The molecule has 0 radical (unpaired) electrons. The number of ether oxygens (including phenoxy) is 3. The lowest BCUT2D eigenvalue weighted by Crippen LogP contribution is -2.65. The summed E-state index contributed by atoms with van der Waals surface area (Å²) in [4.78, 5) is 35.7. The Morgan fingerprint density at radius 2 is 1.82 bits per heavy atom. The molecule has 11 nitrogen and oxygen atoms in total. The third-order valence-corrected chi connectivity index (χ3v) is 12.6. The molecule has 0 unspecified atom stereocenters. The molecule has 3 aromatic rings. The van der Waals surface area contributed by atoms with E-state index in [2.05, 4.69) is 24.7 Å². The van der Waals surface area contributed by atoms with Crippen LogP contribution >= 0.6 is 0 Å². The van der Waals surface area contributed by atoms with Gasteiger partial charge in [0.2, 0.25) is 0 Å². The van der Waals surface area contributed by atoms with E-state index in [-0.39, 0.29) is 34.5 Å². The second-order valence-corrected chi connectivity index (χ2v) is 17.1. The average Bonchev–Trinajstić information content (AvgIpc) is 3.59. The van der Waals surface area contributed by atoms with Crippen molar-refractivity contribution >= 4 is 11.7 Å². The summed E-state index contributed by atoms with van der Waals surface area (Å²) in [7, 11) is 0. The fourth-order valence-electron chi connectivity index (χ4n) is 9.84. The first-order valence-electron chi connectivity index (χ1n) is 19.9. The smallest absolute Gasteiger partial charge is 0.258 e. The lowest BCUT2D eigenvalue weighted by Gasteiger charge is -2.59. The van der Waals surface area contributed by atoms with Gasteiger partial charge in [-0.05, 0) is 83.3 Å². The maximum Gasteiger partial charge on any atom is 0.258 e. The number of nitrogens with zero attached hydrogens (tertiary/aromatic N) is 7. The van der Waals surface area contributed by atoms with Gasteiger partial charge in [-0.3, -0.25) is 19.6 Å². The molecule has 5 fully saturated rings. The maximum atomic E-state index is 14.5. The van der Waals surface area contributed by atoms with Crippen LogP contribution in [0.1, 0.15) is 80.4 Å². The van der Waals surface area contributed by atoms with Crippen LogP contribution in [-0.4, -0.2) is 118 Å². The lowest BCUT2D eigenvalue weighted by molar-refractivity contribution is -0.120. The maximum absolute atomic E-state index is 14.5. The van der Waals surface area contributed by atoms with Gasteiger partial charge < -0.3 is 24.0 Å². The van der Waals surface area contributed by atoms with Crippen LogP contribution in [0.5, 0.6) is 17.2 Å². The predicted molar refractivity (Wildman–Crippen MR) is 198 cm³/mol. The molecule has 2 spiro atoms. The summed E-state index contributed by atoms with van der Waals surface area (Å²) < 4.78 is 61.0. The Labute approximate surface area is 320 Å². The summed E-state index contributed by atoms with van der Waals surface area (Å²) in [5.41, 5.74) is 2.59. The van der Waals surface area contributed by atoms with E-state index < -0.39 is 36.5 Å². The number of hydrogen-bond acceptors (Lipinski definition) is 10. The van der Waals surface area contributed by atoms with Gasteiger partial charge >= 0.3 is 0 Å². The van der Waals surface area contributed by atoms with Gasteiger partial charge in [-0.25, -0.2) is 23.1 Å². The molecule has 6 aliphatic rings. The van der Waals surface area contributed by atoms with Crippen LogP contribution in [0.25, 0.3) is 0 Å². The normalized spacial score (nSPS) is 22.8. The fraction of sp³-hybridized carbons (Fsp3) is 0.610. The lowest BCUT2D eigenvalue weighted by atomic mass is 9.61. The number of halogens is 3. The molecule has 1 amide bonds. The van der Waals surface area contributed by atoms with Crippen LogP contribution in [0.3, 0.4) is 0 Å². The van der Waals surface area contributed by atoms with E-state index in [0.717, 1.165) is 102 Å². The molecule has 3 saturated heterocycles. The molecule has 2 aliphatic carbocycles. The van der Waals surface area contributed by atoms with Crippen LogP contribution < -0.4 is 14.4 Å². The molecule has 14 heteroatoms. The van der Waals surface area contributed by atoms with Crippen molar-refractivity contribution < 1.29 is 32.2 Å². The van der Waals surface area contributed by atoms with Crippen LogP contribution in [0, 0.1) is 11.2 Å². The highest BCUT2D eigenvalue weighted by atomic mass is 19.3. The first-order valence-corrected chi connectivity index (χ1v) is 19.9. The molecule has 1 aromatic carbocycles. The Kier molecular flexibility index (Phi) is 9.44. The molecule has 6 heterocycles. The van der Waals surface area contributed by atoms with Crippen molar-refractivity contribution in [3.8, 4) is 17.2 Å². The zero-order chi connectivity index (χ0) is 38.0. The number of carbonyl (C=O) groups excluding carboxylic acids is 1. The first-order chi connectivity index (χ1) is 26.5. The number of carbonyl (C=O) groups is 1. The minimum atomic E-state index is -2.81. The summed E-state index contributed by atoms with van der Waals surface area (Å²) in [5, 5.41) is 0. The van der Waals surface area contributed by atoms with Crippen LogP contribution in [0.2, 0.25) is 0 Å². The van der Waals surface area contributed by atoms with Crippen LogP contribution in [0.15, 0.2) is 43.0 Å². The van der Waals surface area contributed by atoms with Gasteiger partial charge in [-0.1, -0.05) is 0 Å². The monoisotopic (exact) mass is 761 g/mol. The number of benzene rings is 1. The number of hydrogen-bond donors (Lipinski definition) is 0. The third-order valence-electron chi connectivity index (χ3n) is 12.6. The Balaban J connectivity index is 0.795. The third kappa shape index (κ3) is 7.25. The Morgan fingerprint density at radius 1 is 1.02 bits per heavy atom.